The molecule has 48 heavy (non-hydrogen) atoms. The lowest BCUT2D eigenvalue weighted by molar-refractivity contribution is -0.123. The molecular weight excluding hydrogens is 619 g/mol. The van der Waals surface area contributed by atoms with E-state index in [1.54, 1.807) is 47.4 Å². The molecule has 4 aliphatic rings. The maximum Gasteiger partial charge on any atom is 0.258 e. The molecule has 4 aromatic rings. The van der Waals surface area contributed by atoms with E-state index in [4.69, 9.17) is 18.6 Å². The van der Waals surface area contributed by atoms with Gasteiger partial charge in [-0.25, -0.2) is 4.39 Å². The predicted octanol–water partition coefficient (Wildman–Crippen LogP) is 3.63. The fraction of sp³-hybridized carbons (Fsp3) is 0.306. The Kier molecular flexibility index (Phi) is 9.08. The highest BCUT2D eigenvalue weighted by Gasteiger charge is 2.39. The van der Waals surface area contributed by atoms with Gasteiger partial charge in [-0.05, 0) is 59.2 Å². The van der Waals surface area contributed by atoms with Gasteiger partial charge in [-0.3, -0.25) is 19.3 Å². The van der Waals surface area contributed by atoms with Crippen LogP contribution in [0.5, 0.6) is 11.5 Å². The molecule has 0 saturated carbocycles. The lowest BCUT2D eigenvalue weighted by Gasteiger charge is -2.25. The topological polar surface area (TPSA) is 123 Å². The molecule has 2 N–H and O–H groups in total. The molecule has 12 heteroatoms. The molecule has 0 unspecified atom stereocenters. The number of carbonyl (C=O) groups excluding carboxylic acids is 3. The Bertz CT molecular complexity index is 1800. The second-order valence-corrected chi connectivity index (χ2v) is 12.1. The van der Waals surface area contributed by atoms with Crippen molar-refractivity contribution in [1.29, 1.82) is 0 Å². The molecule has 1 aromatic heterocycles. The number of halogens is 1. The Morgan fingerprint density at radius 1 is 0.917 bits per heavy atom. The standard InChI is InChI=1S/C36H35FN4O7/c37-31-9-6-25-16-30(31)35(43)39-32-19-41(36(44)26-15-29(46-21-26)18-40-10-12-45-13-11-40)20-33(32)48-27-7-4-23(5-8-27)17-38-34(42)22-47-28-3-1-2-24(25)14-28/h1-9,14-16,21,32-33H,10-13,17-20,22H2,(H,38,42)(H,39,43)/t32-,33-/m0/s1. The van der Waals surface area contributed by atoms with E-state index in [2.05, 4.69) is 15.5 Å². The van der Waals surface area contributed by atoms with E-state index in [1.807, 2.05) is 18.2 Å². The van der Waals surface area contributed by atoms with E-state index < -0.39 is 23.9 Å². The number of fused-ring (bicyclic) bond motifs is 7. The number of rotatable bonds is 3. The van der Waals surface area contributed by atoms with Gasteiger partial charge in [0.05, 0.1) is 43.5 Å². The van der Waals surface area contributed by atoms with Gasteiger partial charge in [0, 0.05) is 26.2 Å². The highest BCUT2D eigenvalue weighted by Crippen LogP contribution is 2.27. The van der Waals surface area contributed by atoms with Crippen LogP contribution in [-0.2, 0) is 22.6 Å². The summed E-state index contributed by atoms with van der Waals surface area (Å²) in [7, 11) is 0. The molecule has 11 nitrogen and oxygen atoms in total. The van der Waals surface area contributed by atoms with Crippen LogP contribution in [0.3, 0.4) is 0 Å². The van der Waals surface area contributed by atoms with Crippen LogP contribution in [0.25, 0.3) is 11.1 Å². The predicted molar refractivity (Wildman–Crippen MR) is 172 cm³/mol. The Labute approximate surface area is 276 Å². The molecule has 2 saturated heterocycles. The number of amides is 3. The van der Waals surface area contributed by atoms with Crippen LogP contribution < -0.4 is 20.1 Å². The maximum atomic E-state index is 15.1. The van der Waals surface area contributed by atoms with Crippen LogP contribution >= 0.6 is 0 Å². The number of hydrogen-bond donors (Lipinski definition) is 2. The van der Waals surface area contributed by atoms with E-state index in [9.17, 15) is 14.4 Å². The molecule has 6 bridgehead atoms. The number of morpholine rings is 1. The molecule has 2 atom stereocenters. The quantitative estimate of drug-likeness (QED) is 0.344. The van der Waals surface area contributed by atoms with E-state index in [0.29, 0.717) is 60.3 Å². The van der Waals surface area contributed by atoms with Crippen molar-refractivity contribution in [2.45, 2.75) is 25.2 Å². The molecular formula is C36H35FN4O7. The normalized spacial score (nSPS) is 20.2. The largest absolute Gasteiger partial charge is 0.486 e. The minimum Gasteiger partial charge on any atom is -0.486 e. The van der Waals surface area contributed by atoms with Crippen molar-refractivity contribution in [3.05, 3.63) is 107 Å². The highest BCUT2D eigenvalue weighted by molar-refractivity contribution is 5.97. The van der Waals surface area contributed by atoms with Crippen LogP contribution in [0.15, 0.2) is 83.5 Å². The second kappa shape index (κ2) is 13.9. The third-order valence-corrected chi connectivity index (χ3v) is 8.70. The third kappa shape index (κ3) is 7.19. The van der Waals surface area contributed by atoms with E-state index in [-0.39, 0.29) is 37.1 Å². The molecule has 4 aliphatic heterocycles. The van der Waals surface area contributed by atoms with Gasteiger partial charge in [-0.2, -0.15) is 0 Å². The first-order valence-corrected chi connectivity index (χ1v) is 15.9. The third-order valence-electron chi connectivity index (χ3n) is 8.70. The zero-order chi connectivity index (χ0) is 33.0. The van der Waals surface area contributed by atoms with Gasteiger partial charge in [0.25, 0.3) is 17.7 Å². The van der Waals surface area contributed by atoms with Gasteiger partial charge >= 0.3 is 0 Å². The van der Waals surface area contributed by atoms with Crippen LogP contribution in [0.2, 0.25) is 0 Å². The number of likely N-dealkylation sites (tertiary alicyclic amines) is 1. The summed E-state index contributed by atoms with van der Waals surface area (Å²) in [6.45, 7) is 3.90. The van der Waals surface area contributed by atoms with Crippen LogP contribution in [-0.4, -0.2) is 85.7 Å². The Balaban J connectivity index is 1.15. The fourth-order valence-corrected chi connectivity index (χ4v) is 6.09. The van der Waals surface area contributed by atoms with Crippen LogP contribution in [0.1, 0.15) is 32.0 Å². The average molecular weight is 655 g/mol. The molecule has 8 rings (SSSR count). The first kappa shape index (κ1) is 31.4. The summed E-state index contributed by atoms with van der Waals surface area (Å²) in [6.07, 6.45) is 0.823. The van der Waals surface area contributed by atoms with Crippen LogP contribution in [0.4, 0.5) is 4.39 Å². The van der Waals surface area contributed by atoms with E-state index >= 15 is 4.39 Å². The smallest absolute Gasteiger partial charge is 0.258 e. The summed E-state index contributed by atoms with van der Waals surface area (Å²) >= 11 is 0. The van der Waals surface area contributed by atoms with Gasteiger partial charge < -0.3 is 34.2 Å². The molecule has 0 spiro atoms. The summed E-state index contributed by atoms with van der Waals surface area (Å²) in [5.74, 6) is -0.220. The van der Waals surface area contributed by atoms with Crippen molar-refractivity contribution in [3.63, 3.8) is 0 Å². The van der Waals surface area contributed by atoms with Crippen molar-refractivity contribution in [1.82, 2.24) is 20.4 Å². The molecule has 248 valence electrons. The molecule has 3 amide bonds. The molecule has 0 aliphatic carbocycles. The first-order valence-electron chi connectivity index (χ1n) is 15.9. The fourth-order valence-electron chi connectivity index (χ4n) is 6.09. The summed E-state index contributed by atoms with van der Waals surface area (Å²) in [6, 6.07) is 19.6. The van der Waals surface area contributed by atoms with Crippen molar-refractivity contribution >= 4 is 17.7 Å². The molecule has 0 radical (unpaired) electrons. The number of benzene rings is 3. The van der Waals surface area contributed by atoms with Crippen molar-refractivity contribution in [2.75, 3.05) is 46.0 Å². The first-order chi connectivity index (χ1) is 23.4. The van der Waals surface area contributed by atoms with Crippen LogP contribution in [0, 0.1) is 5.82 Å². The van der Waals surface area contributed by atoms with Crippen molar-refractivity contribution in [2.24, 2.45) is 0 Å². The van der Waals surface area contributed by atoms with E-state index in [0.717, 1.165) is 18.7 Å². The van der Waals surface area contributed by atoms with Gasteiger partial charge in [-0.1, -0.05) is 30.3 Å². The van der Waals surface area contributed by atoms with Crippen molar-refractivity contribution < 1.29 is 37.4 Å². The van der Waals surface area contributed by atoms with Crippen molar-refractivity contribution in [3.8, 4) is 22.6 Å². The van der Waals surface area contributed by atoms with Gasteiger partial charge in [0.15, 0.2) is 6.61 Å². The summed E-state index contributed by atoms with van der Waals surface area (Å²) in [4.78, 5) is 43.6. The number of nitrogens with one attached hydrogen (secondary N) is 2. The summed E-state index contributed by atoms with van der Waals surface area (Å²) in [5.41, 5.74) is 2.37. The zero-order valence-corrected chi connectivity index (χ0v) is 26.2. The Morgan fingerprint density at radius 2 is 1.73 bits per heavy atom. The van der Waals surface area contributed by atoms with Gasteiger partial charge in [0.2, 0.25) is 0 Å². The lowest BCUT2D eigenvalue weighted by Crippen LogP contribution is -2.45. The number of hydrogen-bond acceptors (Lipinski definition) is 8. The van der Waals surface area contributed by atoms with E-state index in [1.165, 1.54) is 18.4 Å². The SMILES string of the molecule is O=C1COc2cccc(c2)-c2ccc(F)c(c2)C(=O)N[C@H]2CN(C(=O)c3coc(CN4CCOCC4)c3)C[C@@H]2Oc2ccc(cc2)CN1. The number of ether oxygens (including phenoxy) is 3. The highest BCUT2D eigenvalue weighted by atomic mass is 19.1. The lowest BCUT2D eigenvalue weighted by atomic mass is 10.0. The van der Waals surface area contributed by atoms with Gasteiger partial charge in [-0.15, -0.1) is 0 Å². The summed E-state index contributed by atoms with van der Waals surface area (Å²) in [5, 5.41) is 5.78. The number of carbonyl (C=O) groups is 3. The monoisotopic (exact) mass is 654 g/mol. The number of furan rings is 1. The van der Waals surface area contributed by atoms with Gasteiger partial charge in [0.1, 0.15) is 35.4 Å². The average Bonchev–Trinajstić information content (AvgIpc) is 3.74. The second-order valence-electron chi connectivity index (χ2n) is 12.1. The minimum atomic E-state index is -0.687. The molecule has 5 heterocycles. The maximum absolute atomic E-state index is 15.1. The number of nitrogens with zero attached hydrogens (tertiary/aromatic N) is 2. The molecule has 3 aromatic carbocycles. The Hall–Kier alpha value is -5.20. The summed E-state index contributed by atoms with van der Waals surface area (Å²) < 4.78 is 38.3. The minimum absolute atomic E-state index is 0.143. The Morgan fingerprint density at radius 3 is 2.56 bits per heavy atom. The molecule has 2 fully saturated rings. The zero-order valence-electron chi connectivity index (χ0n) is 26.2.